The molecule has 2 amide bonds. The van der Waals surface area contributed by atoms with Crippen LogP contribution in [-0.4, -0.2) is 35.2 Å². The van der Waals surface area contributed by atoms with E-state index in [-0.39, 0.29) is 24.3 Å². The van der Waals surface area contributed by atoms with Gasteiger partial charge < -0.3 is 15.7 Å². The minimum atomic E-state index is -0.774. The number of nitrogens with zero attached hydrogens (tertiary/aromatic N) is 1. The number of aromatic nitrogens is 1. The lowest BCUT2D eigenvalue weighted by Gasteiger charge is -2.13. The lowest BCUT2D eigenvalue weighted by molar-refractivity contribution is -0.137. The summed E-state index contributed by atoms with van der Waals surface area (Å²) in [5.41, 5.74) is 0. The van der Waals surface area contributed by atoms with E-state index >= 15 is 0 Å². The number of carboxylic acids is 1. The average molecular weight is 313 g/mol. The molecule has 0 saturated carbocycles. The predicted molar refractivity (Wildman–Crippen MR) is 82.6 cm³/mol. The first kappa shape index (κ1) is 17.4. The van der Waals surface area contributed by atoms with E-state index in [0.717, 1.165) is 11.4 Å². The molecule has 2 unspecified atom stereocenters. The highest BCUT2D eigenvalue weighted by Gasteiger charge is 2.10. The Kier molecular flexibility index (Phi) is 7.74. The molecule has 0 fully saturated rings. The SMILES string of the molecule is CC(CCNC(=O)NCC(C)c1nccs1)CCC(=O)O. The number of carbonyl (C=O) groups excluding carboxylic acids is 1. The molecular formula is C14H23N3O3S. The standard InChI is InChI=1S/C14H23N3O3S/c1-10(3-4-12(18)19)5-6-16-14(20)17-9-11(2)13-15-7-8-21-13/h7-8,10-11H,3-6,9H2,1-2H3,(H,18,19)(H2,16,17,20). The number of aliphatic carboxylic acids is 1. The van der Waals surface area contributed by atoms with Crippen molar-refractivity contribution >= 4 is 23.3 Å². The van der Waals surface area contributed by atoms with E-state index < -0.39 is 5.97 Å². The lowest BCUT2D eigenvalue weighted by Crippen LogP contribution is -2.38. The van der Waals surface area contributed by atoms with Crippen LogP contribution in [0.3, 0.4) is 0 Å². The van der Waals surface area contributed by atoms with E-state index in [9.17, 15) is 9.59 Å². The number of thiazole rings is 1. The van der Waals surface area contributed by atoms with Crippen LogP contribution in [0.4, 0.5) is 4.79 Å². The van der Waals surface area contributed by atoms with Crippen molar-refractivity contribution in [2.24, 2.45) is 5.92 Å². The lowest BCUT2D eigenvalue weighted by atomic mass is 10.0. The van der Waals surface area contributed by atoms with E-state index in [2.05, 4.69) is 15.6 Å². The number of hydrogen-bond donors (Lipinski definition) is 3. The molecule has 0 aliphatic heterocycles. The smallest absolute Gasteiger partial charge is 0.314 e. The molecule has 0 saturated heterocycles. The molecule has 0 radical (unpaired) electrons. The van der Waals surface area contributed by atoms with Gasteiger partial charge in [0.05, 0.1) is 5.01 Å². The first-order valence-corrected chi connectivity index (χ1v) is 8.00. The summed E-state index contributed by atoms with van der Waals surface area (Å²) < 4.78 is 0. The van der Waals surface area contributed by atoms with E-state index in [1.165, 1.54) is 0 Å². The highest BCUT2D eigenvalue weighted by Crippen LogP contribution is 2.16. The molecular weight excluding hydrogens is 290 g/mol. The van der Waals surface area contributed by atoms with Gasteiger partial charge in [-0.15, -0.1) is 11.3 Å². The van der Waals surface area contributed by atoms with Crippen LogP contribution in [0.15, 0.2) is 11.6 Å². The Labute approximate surface area is 129 Å². The van der Waals surface area contributed by atoms with Crippen LogP contribution in [0, 0.1) is 5.92 Å². The molecule has 0 bridgehead atoms. The number of nitrogens with one attached hydrogen (secondary N) is 2. The van der Waals surface area contributed by atoms with Gasteiger partial charge >= 0.3 is 12.0 Å². The molecule has 21 heavy (non-hydrogen) atoms. The van der Waals surface area contributed by atoms with Crippen LogP contribution in [0.2, 0.25) is 0 Å². The maximum absolute atomic E-state index is 11.6. The molecule has 6 nitrogen and oxygen atoms in total. The van der Waals surface area contributed by atoms with Crippen molar-refractivity contribution in [3.63, 3.8) is 0 Å². The van der Waals surface area contributed by atoms with Crippen molar-refractivity contribution in [3.8, 4) is 0 Å². The molecule has 1 rings (SSSR count). The third-order valence-corrected chi connectivity index (χ3v) is 4.22. The third-order valence-electron chi connectivity index (χ3n) is 3.22. The van der Waals surface area contributed by atoms with Crippen LogP contribution < -0.4 is 10.6 Å². The summed E-state index contributed by atoms with van der Waals surface area (Å²) in [6, 6.07) is -0.191. The quantitative estimate of drug-likeness (QED) is 0.653. The van der Waals surface area contributed by atoms with Gasteiger partial charge in [-0.25, -0.2) is 9.78 Å². The fourth-order valence-corrected chi connectivity index (χ4v) is 2.52. The summed E-state index contributed by atoms with van der Waals surface area (Å²) in [4.78, 5) is 26.3. The second kappa shape index (κ2) is 9.33. The number of urea groups is 1. The maximum Gasteiger partial charge on any atom is 0.314 e. The van der Waals surface area contributed by atoms with E-state index in [4.69, 9.17) is 5.11 Å². The third kappa shape index (κ3) is 7.65. The molecule has 2 atom stereocenters. The molecule has 1 aromatic rings. The van der Waals surface area contributed by atoms with Gasteiger partial charge in [0.15, 0.2) is 0 Å². The molecule has 118 valence electrons. The summed E-state index contributed by atoms with van der Waals surface area (Å²) in [6.07, 6.45) is 3.36. The summed E-state index contributed by atoms with van der Waals surface area (Å²) in [5.74, 6) is -0.287. The molecule has 0 aromatic carbocycles. The average Bonchev–Trinajstić information content (AvgIpc) is 2.96. The van der Waals surface area contributed by atoms with Crippen LogP contribution >= 0.6 is 11.3 Å². The fraction of sp³-hybridized carbons (Fsp3) is 0.643. The Hall–Kier alpha value is -1.63. The zero-order valence-corrected chi connectivity index (χ0v) is 13.3. The van der Waals surface area contributed by atoms with Gasteiger partial charge in [-0.3, -0.25) is 4.79 Å². The number of rotatable bonds is 9. The molecule has 7 heteroatoms. The van der Waals surface area contributed by atoms with Crippen molar-refractivity contribution < 1.29 is 14.7 Å². The number of amides is 2. The Balaban J connectivity index is 2.10. The topological polar surface area (TPSA) is 91.3 Å². The number of carboxylic acid groups (broad SMARTS) is 1. The first-order chi connectivity index (χ1) is 9.99. The Morgan fingerprint density at radius 1 is 1.33 bits per heavy atom. The Morgan fingerprint density at radius 2 is 2.10 bits per heavy atom. The van der Waals surface area contributed by atoms with Gasteiger partial charge in [-0.05, 0) is 18.8 Å². The van der Waals surface area contributed by atoms with Gasteiger partial charge in [0.1, 0.15) is 0 Å². The first-order valence-electron chi connectivity index (χ1n) is 7.12. The normalized spacial score (nSPS) is 13.4. The van der Waals surface area contributed by atoms with Crippen LogP contribution in [0.25, 0.3) is 0 Å². The van der Waals surface area contributed by atoms with Gasteiger partial charge in [-0.2, -0.15) is 0 Å². The highest BCUT2D eigenvalue weighted by atomic mass is 32.1. The van der Waals surface area contributed by atoms with Crippen LogP contribution in [-0.2, 0) is 4.79 Å². The second-order valence-electron chi connectivity index (χ2n) is 5.23. The fourth-order valence-electron chi connectivity index (χ4n) is 1.82. The van der Waals surface area contributed by atoms with E-state index in [1.54, 1.807) is 17.5 Å². The zero-order valence-electron chi connectivity index (χ0n) is 12.5. The molecule has 1 aromatic heterocycles. The molecule has 3 N–H and O–H groups in total. The molecule has 1 heterocycles. The Bertz CT molecular complexity index is 437. The highest BCUT2D eigenvalue weighted by molar-refractivity contribution is 7.09. The van der Waals surface area contributed by atoms with Crippen molar-refractivity contribution in [1.82, 2.24) is 15.6 Å². The Morgan fingerprint density at radius 3 is 2.71 bits per heavy atom. The summed E-state index contributed by atoms with van der Waals surface area (Å²) >= 11 is 1.58. The molecule has 0 aliphatic rings. The van der Waals surface area contributed by atoms with Crippen LogP contribution in [0.1, 0.15) is 44.0 Å². The summed E-state index contributed by atoms with van der Waals surface area (Å²) in [6.45, 7) is 5.12. The van der Waals surface area contributed by atoms with E-state index in [1.807, 2.05) is 19.2 Å². The number of hydrogen-bond acceptors (Lipinski definition) is 4. The molecule has 0 aliphatic carbocycles. The maximum atomic E-state index is 11.6. The predicted octanol–water partition coefficient (Wildman–Crippen LogP) is 2.44. The van der Waals surface area contributed by atoms with Crippen LogP contribution in [0.5, 0.6) is 0 Å². The minimum absolute atomic E-state index is 0.179. The molecule has 0 spiro atoms. The second-order valence-corrected chi connectivity index (χ2v) is 6.16. The van der Waals surface area contributed by atoms with Gasteiger partial charge in [0.2, 0.25) is 0 Å². The van der Waals surface area contributed by atoms with E-state index in [0.29, 0.717) is 19.5 Å². The van der Waals surface area contributed by atoms with Gasteiger partial charge in [0, 0.05) is 37.0 Å². The van der Waals surface area contributed by atoms with Crippen molar-refractivity contribution in [2.45, 2.75) is 39.0 Å². The monoisotopic (exact) mass is 313 g/mol. The van der Waals surface area contributed by atoms with Gasteiger partial charge in [0.25, 0.3) is 0 Å². The minimum Gasteiger partial charge on any atom is -0.481 e. The van der Waals surface area contributed by atoms with Gasteiger partial charge in [-0.1, -0.05) is 13.8 Å². The summed E-state index contributed by atoms with van der Waals surface area (Å²) in [5, 5.41) is 17.1. The number of carbonyl (C=O) groups is 2. The zero-order chi connectivity index (χ0) is 15.7. The van der Waals surface area contributed by atoms with Crippen molar-refractivity contribution in [1.29, 1.82) is 0 Å². The van der Waals surface area contributed by atoms with Crippen molar-refractivity contribution in [2.75, 3.05) is 13.1 Å². The largest absolute Gasteiger partial charge is 0.481 e. The summed E-state index contributed by atoms with van der Waals surface area (Å²) in [7, 11) is 0. The van der Waals surface area contributed by atoms with Crippen molar-refractivity contribution in [3.05, 3.63) is 16.6 Å².